The van der Waals surface area contributed by atoms with Crippen molar-refractivity contribution in [2.24, 2.45) is 0 Å². The molecule has 192 valence electrons. The van der Waals surface area contributed by atoms with Crippen molar-refractivity contribution in [3.63, 3.8) is 0 Å². The predicted octanol–water partition coefficient (Wildman–Crippen LogP) is 3.11. The third-order valence-corrected chi connectivity index (χ3v) is 6.54. The number of hydroxylamine groups is 1. The highest BCUT2D eigenvalue weighted by Crippen LogP contribution is 2.36. The summed E-state index contributed by atoms with van der Waals surface area (Å²) >= 11 is 11.9. The second-order valence-electron chi connectivity index (χ2n) is 8.43. The van der Waals surface area contributed by atoms with Crippen LogP contribution < -0.4 is 15.5 Å². The van der Waals surface area contributed by atoms with Crippen LogP contribution in [0.3, 0.4) is 0 Å². The third kappa shape index (κ3) is 5.66. The van der Waals surface area contributed by atoms with Gasteiger partial charge in [0.05, 0.1) is 0 Å². The van der Waals surface area contributed by atoms with Crippen molar-refractivity contribution >= 4 is 40.9 Å². The summed E-state index contributed by atoms with van der Waals surface area (Å²) in [6.07, 6.45) is 3.17. The van der Waals surface area contributed by atoms with E-state index in [9.17, 15) is 14.4 Å². The molecule has 3 N–H and O–H groups in total. The molecule has 3 amide bonds. The standard InChI is InChI=1S/C25H23Cl2N5O5/c1-15(22(33)31-36)32-11-8-25(24(32)35,30-23(34)17-6-9-28-10-7-17)18-2-4-19(5-3-18)37-14-16-12-20(26)29-21(27)13-16/h2-7,9-10,12-13,15,36H,8,11,14H2,1H3,(H,30,34)(H,31,33)/t15?,25-/m1/s1. The molecule has 1 unspecified atom stereocenters. The van der Waals surface area contributed by atoms with Gasteiger partial charge in [0.25, 0.3) is 17.7 Å². The van der Waals surface area contributed by atoms with Crippen LogP contribution in [-0.4, -0.2) is 50.4 Å². The summed E-state index contributed by atoms with van der Waals surface area (Å²) in [6.45, 7) is 1.87. The van der Waals surface area contributed by atoms with Gasteiger partial charge >= 0.3 is 0 Å². The Morgan fingerprint density at radius 2 is 1.78 bits per heavy atom. The van der Waals surface area contributed by atoms with Crippen LogP contribution in [0.4, 0.5) is 0 Å². The molecule has 1 fully saturated rings. The van der Waals surface area contributed by atoms with Gasteiger partial charge in [0.2, 0.25) is 0 Å². The van der Waals surface area contributed by atoms with E-state index in [1.54, 1.807) is 41.9 Å². The zero-order valence-corrected chi connectivity index (χ0v) is 21.2. The SMILES string of the molecule is CC(C(=O)NO)N1CC[C@@](NC(=O)c2ccncc2)(c2ccc(OCc3cc(Cl)nc(Cl)c3)cc2)C1=O. The highest BCUT2D eigenvalue weighted by Gasteiger charge is 2.51. The monoisotopic (exact) mass is 543 g/mol. The second kappa shape index (κ2) is 11.1. The number of aromatic nitrogens is 2. The number of rotatable bonds is 8. The average molecular weight is 544 g/mol. The molecule has 3 aromatic rings. The quantitative estimate of drug-likeness (QED) is 0.226. The molecule has 4 rings (SSSR count). The van der Waals surface area contributed by atoms with Crippen LogP contribution in [0.2, 0.25) is 10.3 Å². The zero-order chi connectivity index (χ0) is 26.6. The molecule has 12 heteroatoms. The Hall–Kier alpha value is -3.73. The number of benzene rings is 1. The van der Waals surface area contributed by atoms with Gasteiger partial charge in [-0.2, -0.15) is 0 Å². The van der Waals surface area contributed by atoms with Gasteiger partial charge in [0.1, 0.15) is 34.2 Å². The molecule has 1 aromatic carbocycles. The summed E-state index contributed by atoms with van der Waals surface area (Å²) in [4.78, 5) is 47.9. The minimum absolute atomic E-state index is 0.186. The van der Waals surface area contributed by atoms with Gasteiger partial charge in [-0.1, -0.05) is 35.3 Å². The number of pyridine rings is 2. The highest BCUT2D eigenvalue weighted by atomic mass is 35.5. The van der Waals surface area contributed by atoms with E-state index < -0.39 is 29.3 Å². The van der Waals surface area contributed by atoms with E-state index in [2.05, 4.69) is 15.3 Å². The van der Waals surface area contributed by atoms with E-state index in [-0.39, 0.29) is 29.9 Å². The first-order valence-corrected chi connectivity index (χ1v) is 12.0. The lowest BCUT2D eigenvalue weighted by Gasteiger charge is -2.31. The number of amides is 3. The summed E-state index contributed by atoms with van der Waals surface area (Å²) in [5.74, 6) is -1.16. The van der Waals surface area contributed by atoms with Gasteiger partial charge in [-0.3, -0.25) is 24.6 Å². The van der Waals surface area contributed by atoms with Crippen molar-refractivity contribution < 1.29 is 24.3 Å². The summed E-state index contributed by atoms with van der Waals surface area (Å²) < 4.78 is 5.82. The van der Waals surface area contributed by atoms with E-state index in [1.165, 1.54) is 36.4 Å². The number of nitrogens with zero attached hydrogens (tertiary/aromatic N) is 3. The third-order valence-electron chi connectivity index (χ3n) is 6.16. The normalized spacial score (nSPS) is 17.8. The Morgan fingerprint density at radius 1 is 1.14 bits per heavy atom. The van der Waals surface area contributed by atoms with Crippen molar-refractivity contribution in [3.8, 4) is 5.75 Å². The molecule has 1 aliphatic rings. The number of carbonyl (C=O) groups excluding carboxylic acids is 3. The van der Waals surface area contributed by atoms with Crippen LogP contribution in [0, 0.1) is 0 Å². The summed E-state index contributed by atoms with van der Waals surface area (Å²) in [6, 6.07) is 12.1. The number of ether oxygens (including phenoxy) is 1. The van der Waals surface area contributed by atoms with Crippen molar-refractivity contribution in [2.45, 2.75) is 31.5 Å². The number of hydrogen-bond donors (Lipinski definition) is 3. The van der Waals surface area contributed by atoms with Gasteiger partial charge in [0.15, 0.2) is 0 Å². The van der Waals surface area contributed by atoms with Crippen molar-refractivity contribution in [1.29, 1.82) is 0 Å². The lowest BCUT2D eigenvalue weighted by molar-refractivity contribution is -0.143. The lowest BCUT2D eigenvalue weighted by Crippen LogP contribution is -2.54. The van der Waals surface area contributed by atoms with Crippen LogP contribution >= 0.6 is 23.2 Å². The van der Waals surface area contributed by atoms with Crippen LogP contribution in [0.15, 0.2) is 60.9 Å². The van der Waals surface area contributed by atoms with E-state index >= 15 is 0 Å². The maximum atomic E-state index is 13.7. The van der Waals surface area contributed by atoms with Gasteiger partial charge in [-0.15, -0.1) is 0 Å². The number of halogens is 2. The fourth-order valence-corrected chi connectivity index (χ4v) is 4.68. The van der Waals surface area contributed by atoms with Crippen LogP contribution in [0.1, 0.15) is 34.8 Å². The maximum absolute atomic E-state index is 13.7. The van der Waals surface area contributed by atoms with Crippen LogP contribution in [-0.2, 0) is 21.7 Å². The van der Waals surface area contributed by atoms with E-state index in [4.69, 9.17) is 33.1 Å². The second-order valence-corrected chi connectivity index (χ2v) is 9.20. The predicted molar refractivity (Wildman–Crippen MR) is 134 cm³/mol. The minimum Gasteiger partial charge on any atom is -0.489 e. The van der Waals surface area contributed by atoms with Crippen molar-refractivity contribution in [1.82, 2.24) is 25.7 Å². The molecule has 1 saturated heterocycles. The average Bonchev–Trinajstić information content (AvgIpc) is 3.23. The smallest absolute Gasteiger partial charge is 0.265 e. The molecule has 37 heavy (non-hydrogen) atoms. The molecular weight excluding hydrogens is 521 g/mol. The molecule has 0 bridgehead atoms. The molecule has 0 saturated carbocycles. The summed E-state index contributed by atoms with van der Waals surface area (Å²) in [5.41, 5.74) is 1.71. The number of nitrogens with one attached hydrogen (secondary N) is 2. The Morgan fingerprint density at radius 3 is 2.41 bits per heavy atom. The first-order chi connectivity index (χ1) is 17.7. The molecular formula is C25H23Cl2N5O5. The zero-order valence-electron chi connectivity index (χ0n) is 19.6. The summed E-state index contributed by atoms with van der Waals surface area (Å²) in [7, 11) is 0. The van der Waals surface area contributed by atoms with Crippen LogP contribution in [0.25, 0.3) is 0 Å². The number of likely N-dealkylation sites (tertiary alicyclic amines) is 1. The number of hydrogen-bond acceptors (Lipinski definition) is 7. The molecule has 10 nitrogen and oxygen atoms in total. The first-order valence-electron chi connectivity index (χ1n) is 11.3. The van der Waals surface area contributed by atoms with E-state index in [1.807, 2.05) is 0 Å². The molecule has 0 spiro atoms. The minimum atomic E-state index is -1.44. The molecule has 2 atom stereocenters. The fraction of sp³-hybridized carbons (Fsp3) is 0.240. The lowest BCUT2D eigenvalue weighted by atomic mass is 9.87. The fourth-order valence-electron chi connectivity index (χ4n) is 4.17. The largest absolute Gasteiger partial charge is 0.489 e. The molecule has 1 aliphatic heterocycles. The van der Waals surface area contributed by atoms with Crippen LogP contribution in [0.5, 0.6) is 5.75 Å². The molecule has 0 radical (unpaired) electrons. The Labute approximate surface area is 222 Å². The van der Waals surface area contributed by atoms with Gasteiger partial charge in [-0.05, 0) is 54.4 Å². The van der Waals surface area contributed by atoms with E-state index in [0.29, 0.717) is 16.9 Å². The summed E-state index contributed by atoms with van der Waals surface area (Å²) in [5, 5.41) is 12.4. The maximum Gasteiger partial charge on any atom is 0.265 e. The Bertz CT molecular complexity index is 1290. The molecule has 0 aliphatic carbocycles. The molecule has 2 aromatic heterocycles. The first kappa shape index (κ1) is 26.3. The Kier molecular flexibility index (Phi) is 7.91. The van der Waals surface area contributed by atoms with E-state index in [0.717, 1.165) is 5.56 Å². The van der Waals surface area contributed by atoms with Gasteiger partial charge in [-0.25, -0.2) is 10.5 Å². The number of carbonyl (C=O) groups is 3. The Balaban J connectivity index is 1.60. The van der Waals surface area contributed by atoms with Crippen molar-refractivity contribution in [2.75, 3.05) is 6.54 Å². The molecule has 3 heterocycles. The van der Waals surface area contributed by atoms with Gasteiger partial charge in [0, 0.05) is 30.9 Å². The topological polar surface area (TPSA) is 134 Å². The highest BCUT2D eigenvalue weighted by molar-refractivity contribution is 6.32. The van der Waals surface area contributed by atoms with Crippen molar-refractivity contribution in [3.05, 3.63) is 87.9 Å². The van der Waals surface area contributed by atoms with Gasteiger partial charge < -0.3 is 15.0 Å².